The van der Waals surface area contributed by atoms with Crippen molar-refractivity contribution in [3.8, 4) is 6.01 Å². The summed E-state index contributed by atoms with van der Waals surface area (Å²) >= 11 is 0. The Kier molecular flexibility index (Phi) is 4.34. The van der Waals surface area contributed by atoms with Gasteiger partial charge in [0.1, 0.15) is 5.82 Å². The molecule has 0 fully saturated rings. The van der Waals surface area contributed by atoms with Gasteiger partial charge < -0.3 is 10.1 Å². The number of hydrogen-bond acceptors (Lipinski definition) is 4. The molecular weight excluding hydrogens is 261 g/mol. The van der Waals surface area contributed by atoms with Crippen LogP contribution in [-0.4, -0.2) is 23.2 Å². The number of nitrogens with one attached hydrogen (secondary N) is 1. The van der Waals surface area contributed by atoms with E-state index >= 15 is 0 Å². The predicted molar refractivity (Wildman–Crippen MR) is 74.7 cm³/mol. The summed E-state index contributed by atoms with van der Waals surface area (Å²) in [6.07, 6.45) is 0. The number of anilines is 1. The zero-order chi connectivity index (χ0) is 14.5. The van der Waals surface area contributed by atoms with Crippen LogP contribution in [-0.2, 0) is 6.54 Å². The van der Waals surface area contributed by atoms with Crippen LogP contribution >= 0.6 is 0 Å². The molecule has 6 heteroatoms. The van der Waals surface area contributed by atoms with E-state index in [1.807, 2.05) is 0 Å². The highest BCUT2D eigenvalue weighted by atomic mass is 19.1. The molecule has 2 rings (SSSR count). The molecule has 0 aliphatic carbocycles. The van der Waals surface area contributed by atoms with E-state index in [9.17, 15) is 9.18 Å². The lowest BCUT2D eigenvalue weighted by atomic mass is 10.3. The molecule has 0 aliphatic rings. The van der Waals surface area contributed by atoms with Gasteiger partial charge in [-0.1, -0.05) is 6.07 Å². The SMILES string of the molecule is COc1nc(C)cc(=O)n1CCNc1cccc(F)c1. The Morgan fingerprint density at radius 2 is 2.20 bits per heavy atom. The summed E-state index contributed by atoms with van der Waals surface area (Å²) in [7, 11) is 1.47. The van der Waals surface area contributed by atoms with Crippen molar-refractivity contribution >= 4 is 5.69 Å². The van der Waals surface area contributed by atoms with E-state index < -0.39 is 0 Å². The van der Waals surface area contributed by atoms with Gasteiger partial charge in [-0.15, -0.1) is 0 Å². The molecular formula is C14H16FN3O2. The van der Waals surface area contributed by atoms with Crippen LogP contribution in [0.1, 0.15) is 5.69 Å². The number of ether oxygens (including phenoxy) is 1. The molecule has 0 saturated carbocycles. The van der Waals surface area contributed by atoms with Gasteiger partial charge in [-0.25, -0.2) is 9.37 Å². The summed E-state index contributed by atoms with van der Waals surface area (Å²) in [5, 5.41) is 3.04. The zero-order valence-electron chi connectivity index (χ0n) is 11.4. The van der Waals surface area contributed by atoms with Crippen LogP contribution in [0.3, 0.4) is 0 Å². The Morgan fingerprint density at radius 1 is 1.40 bits per heavy atom. The number of methoxy groups -OCH3 is 1. The summed E-state index contributed by atoms with van der Waals surface area (Å²) in [5.74, 6) is -0.304. The predicted octanol–water partition coefficient (Wildman–Crippen LogP) is 1.81. The molecule has 20 heavy (non-hydrogen) atoms. The molecule has 0 radical (unpaired) electrons. The minimum Gasteiger partial charge on any atom is -0.468 e. The Morgan fingerprint density at radius 3 is 2.90 bits per heavy atom. The highest BCUT2D eigenvalue weighted by molar-refractivity contribution is 5.42. The average molecular weight is 277 g/mol. The lowest BCUT2D eigenvalue weighted by Crippen LogP contribution is -2.25. The topological polar surface area (TPSA) is 56.1 Å². The largest absolute Gasteiger partial charge is 0.468 e. The highest BCUT2D eigenvalue weighted by Gasteiger charge is 2.06. The average Bonchev–Trinajstić information content (AvgIpc) is 2.40. The second kappa shape index (κ2) is 6.18. The van der Waals surface area contributed by atoms with Gasteiger partial charge in [-0.3, -0.25) is 9.36 Å². The maximum atomic E-state index is 13.0. The summed E-state index contributed by atoms with van der Waals surface area (Å²) < 4.78 is 19.5. The van der Waals surface area contributed by atoms with Crippen LogP contribution in [0, 0.1) is 12.7 Å². The second-order valence-corrected chi connectivity index (χ2v) is 4.31. The van der Waals surface area contributed by atoms with Crippen LogP contribution < -0.4 is 15.6 Å². The number of hydrogen-bond donors (Lipinski definition) is 1. The first-order valence-electron chi connectivity index (χ1n) is 6.22. The van der Waals surface area contributed by atoms with Crippen LogP contribution in [0.15, 0.2) is 35.1 Å². The summed E-state index contributed by atoms with van der Waals surface area (Å²) in [6, 6.07) is 7.88. The second-order valence-electron chi connectivity index (χ2n) is 4.31. The van der Waals surface area contributed by atoms with Crippen molar-refractivity contribution in [1.82, 2.24) is 9.55 Å². The Labute approximate surface area is 116 Å². The van der Waals surface area contributed by atoms with E-state index in [4.69, 9.17) is 4.74 Å². The molecule has 1 aromatic carbocycles. The van der Waals surface area contributed by atoms with E-state index in [0.29, 0.717) is 24.5 Å². The van der Waals surface area contributed by atoms with Crippen LogP contribution in [0.5, 0.6) is 6.01 Å². The zero-order valence-corrected chi connectivity index (χ0v) is 11.4. The fourth-order valence-electron chi connectivity index (χ4n) is 1.87. The molecule has 1 heterocycles. The van der Waals surface area contributed by atoms with Crippen LogP contribution in [0.2, 0.25) is 0 Å². The molecule has 0 bridgehead atoms. The lowest BCUT2D eigenvalue weighted by Gasteiger charge is -2.12. The number of halogens is 1. The Bertz CT molecular complexity index is 655. The van der Waals surface area contributed by atoms with Gasteiger partial charge in [-0.2, -0.15) is 0 Å². The number of aromatic nitrogens is 2. The van der Waals surface area contributed by atoms with Crippen molar-refractivity contribution in [1.29, 1.82) is 0 Å². The summed E-state index contributed by atoms with van der Waals surface area (Å²) in [6.45, 7) is 2.58. The monoisotopic (exact) mass is 277 g/mol. The van der Waals surface area contributed by atoms with Gasteiger partial charge in [0.05, 0.1) is 7.11 Å². The van der Waals surface area contributed by atoms with Crippen molar-refractivity contribution in [2.45, 2.75) is 13.5 Å². The standard InChI is InChI=1S/C14H16FN3O2/c1-10-8-13(19)18(14(17-10)20-2)7-6-16-12-5-3-4-11(15)9-12/h3-5,8-9,16H,6-7H2,1-2H3. The number of rotatable bonds is 5. The minimum atomic E-state index is -0.304. The van der Waals surface area contributed by atoms with Crippen LogP contribution in [0.25, 0.3) is 0 Å². The van der Waals surface area contributed by atoms with E-state index in [0.717, 1.165) is 0 Å². The van der Waals surface area contributed by atoms with Gasteiger partial charge in [0.2, 0.25) is 0 Å². The molecule has 1 N–H and O–H groups in total. The fourth-order valence-corrected chi connectivity index (χ4v) is 1.87. The summed E-state index contributed by atoms with van der Waals surface area (Å²) in [4.78, 5) is 16.0. The molecule has 0 spiro atoms. The first-order chi connectivity index (χ1) is 9.60. The smallest absolute Gasteiger partial charge is 0.299 e. The lowest BCUT2D eigenvalue weighted by molar-refractivity contribution is 0.346. The molecule has 106 valence electrons. The fraction of sp³-hybridized carbons (Fsp3) is 0.286. The Balaban J connectivity index is 2.06. The number of aryl methyl sites for hydroxylation is 1. The van der Waals surface area contributed by atoms with Gasteiger partial charge in [-0.05, 0) is 25.1 Å². The van der Waals surface area contributed by atoms with Crippen molar-refractivity contribution in [3.63, 3.8) is 0 Å². The molecule has 1 aromatic heterocycles. The molecule has 0 amide bonds. The van der Waals surface area contributed by atoms with Crippen molar-refractivity contribution in [2.24, 2.45) is 0 Å². The van der Waals surface area contributed by atoms with Gasteiger partial charge in [0, 0.05) is 30.5 Å². The third-order valence-electron chi connectivity index (χ3n) is 2.77. The van der Waals surface area contributed by atoms with Crippen molar-refractivity contribution in [2.75, 3.05) is 19.0 Å². The molecule has 0 unspecified atom stereocenters. The normalized spacial score (nSPS) is 10.3. The van der Waals surface area contributed by atoms with Crippen LogP contribution in [0.4, 0.5) is 10.1 Å². The van der Waals surface area contributed by atoms with Gasteiger partial charge in [0.25, 0.3) is 11.6 Å². The van der Waals surface area contributed by atoms with E-state index in [1.165, 1.54) is 29.9 Å². The van der Waals surface area contributed by atoms with Gasteiger partial charge in [0.15, 0.2) is 0 Å². The van der Waals surface area contributed by atoms with Crippen molar-refractivity contribution in [3.05, 3.63) is 52.2 Å². The molecule has 0 atom stereocenters. The maximum Gasteiger partial charge on any atom is 0.299 e. The third kappa shape index (κ3) is 3.34. The number of benzene rings is 1. The van der Waals surface area contributed by atoms with E-state index in [2.05, 4.69) is 10.3 Å². The molecule has 0 saturated heterocycles. The first-order valence-corrected chi connectivity index (χ1v) is 6.22. The number of nitrogens with zero attached hydrogens (tertiary/aromatic N) is 2. The first kappa shape index (κ1) is 14.0. The van der Waals surface area contributed by atoms with Gasteiger partial charge >= 0.3 is 0 Å². The highest BCUT2D eigenvalue weighted by Crippen LogP contribution is 2.09. The van der Waals surface area contributed by atoms with E-state index in [1.54, 1.807) is 19.1 Å². The summed E-state index contributed by atoms with van der Waals surface area (Å²) in [5.41, 5.74) is 1.11. The molecule has 0 aliphatic heterocycles. The molecule has 2 aromatic rings. The third-order valence-corrected chi connectivity index (χ3v) is 2.77. The minimum absolute atomic E-state index is 0.171. The molecule has 5 nitrogen and oxygen atoms in total. The van der Waals surface area contributed by atoms with E-state index in [-0.39, 0.29) is 17.4 Å². The maximum absolute atomic E-state index is 13.0. The van der Waals surface area contributed by atoms with Crippen molar-refractivity contribution < 1.29 is 9.13 Å². The Hall–Kier alpha value is -2.37. The quantitative estimate of drug-likeness (QED) is 0.905.